The fourth-order valence-electron chi connectivity index (χ4n) is 1.19. The molecule has 5 heteroatoms. The molecule has 0 unspecified atom stereocenters. The van der Waals surface area contributed by atoms with Crippen LogP contribution in [0.2, 0.25) is 0 Å². The van der Waals surface area contributed by atoms with Gasteiger partial charge in [0.05, 0.1) is 5.56 Å². The first kappa shape index (κ1) is 12.5. The molecule has 0 spiro atoms. The minimum Gasteiger partial charge on any atom is -0.356 e. The normalized spacial score (nSPS) is 15.1. The van der Waals surface area contributed by atoms with Crippen LogP contribution in [-0.4, -0.2) is 12.5 Å². The van der Waals surface area contributed by atoms with E-state index in [0.29, 0.717) is 0 Å². The molecule has 0 bridgehead atoms. The van der Waals surface area contributed by atoms with Crippen molar-refractivity contribution in [3.63, 3.8) is 0 Å². The van der Waals surface area contributed by atoms with Crippen molar-refractivity contribution in [2.75, 3.05) is 6.54 Å². The summed E-state index contributed by atoms with van der Waals surface area (Å²) in [5.41, 5.74) is -0.602. The number of carbonyl (C=O) groups is 1. The molecular weight excluding hydrogens is 219 g/mol. The van der Waals surface area contributed by atoms with Gasteiger partial charge in [-0.3, -0.25) is 4.79 Å². The average Bonchev–Trinajstić information content (AvgIpc) is 2.70. The van der Waals surface area contributed by atoms with Crippen LogP contribution in [0.1, 0.15) is 18.4 Å². The number of alkyl halides is 3. The third-order valence-corrected chi connectivity index (χ3v) is 2.00. The topological polar surface area (TPSA) is 29.1 Å². The Bertz CT molecular complexity index is 327. The number of hydrogen-bond acceptors (Lipinski definition) is 1. The van der Waals surface area contributed by atoms with Crippen LogP contribution in [0.5, 0.6) is 0 Å². The molecule has 0 atom stereocenters. The highest BCUT2D eigenvalue weighted by Crippen LogP contribution is 2.28. The lowest BCUT2D eigenvalue weighted by Crippen LogP contribution is -2.12. The summed E-state index contributed by atoms with van der Waals surface area (Å²) in [4.78, 5) is 10.1. The molecule has 16 heavy (non-hydrogen) atoms. The van der Waals surface area contributed by atoms with Crippen molar-refractivity contribution in [3.05, 3.63) is 35.9 Å². The second kappa shape index (κ2) is 5.53. The molecule has 0 aromatic heterocycles. The number of amides is 1. The number of hydrogen-bond donors (Lipinski definition) is 1. The van der Waals surface area contributed by atoms with Crippen molar-refractivity contribution in [1.82, 2.24) is 5.32 Å². The van der Waals surface area contributed by atoms with Gasteiger partial charge in [-0.25, -0.2) is 0 Å². The lowest BCUT2D eigenvalue weighted by atomic mass is 10.2. The summed E-state index contributed by atoms with van der Waals surface area (Å²) in [5.74, 6) is 0.204. The van der Waals surface area contributed by atoms with Gasteiger partial charge >= 0.3 is 6.18 Å². The molecule has 2 rings (SSSR count). The van der Waals surface area contributed by atoms with E-state index in [2.05, 4.69) is 5.32 Å². The highest BCUT2D eigenvalue weighted by molar-refractivity contribution is 5.77. The number of nitrogens with one attached hydrogen (secondary N) is 1. The van der Waals surface area contributed by atoms with Crippen molar-refractivity contribution in [2.24, 2.45) is 0 Å². The maximum Gasteiger partial charge on any atom is 0.416 e. The van der Waals surface area contributed by atoms with Crippen LogP contribution in [-0.2, 0) is 11.0 Å². The first-order chi connectivity index (χ1) is 7.50. The van der Waals surface area contributed by atoms with Gasteiger partial charge < -0.3 is 5.32 Å². The first-order valence-electron chi connectivity index (χ1n) is 4.89. The van der Waals surface area contributed by atoms with Gasteiger partial charge in [-0.15, -0.1) is 0 Å². The quantitative estimate of drug-likeness (QED) is 0.730. The Morgan fingerprint density at radius 1 is 1.12 bits per heavy atom. The van der Waals surface area contributed by atoms with Crippen LogP contribution in [0.25, 0.3) is 0 Å². The Morgan fingerprint density at radius 3 is 2.00 bits per heavy atom. The predicted octanol–water partition coefficient (Wildman–Crippen LogP) is 2.60. The summed E-state index contributed by atoms with van der Waals surface area (Å²) in [6, 6.07) is 6.36. The number of benzene rings is 1. The maximum absolute atomic E-state index is 11.8. The van der Waals surface area contributed by atoms with E-state index in [1.54, 1.807) is 6.07 Å². The molecule has 1 amide bonds. The second-order valence-corrected chi connectivity index (χ2v) is 3.32. The molecule has 1 N–H and O–H groups in total. The van der Waals surface area contributed by atoms with Gasteiger partial charge in [0, 0.05) is 13.0 Å². The van der Waals surface area contributed by atoms with Crippen molar-refractivity contribution in [3.8, 4) is 0 Å². The zero-order valence-electron chi connectivity index (χ0n) is 8.55. The van der Waals surface area contributed by atoms with Gasteiger partial charge in [0.25, 0.3) is 0 Å². The molecule has 1 saturated heterocycles. The second-order valence-electron chi connectivity index (χ2n) is 3.32. The van der Waals surface area contributed by atoms with Gasteiger partial charge in [0.15, 0.2) is 0 Å². The van der Waals surface area contributed by atoms with E-state index in [0.717, 1.165) is 31.5 Å². The van der Waals surface area contributed by atoms with E-state index >= 15 is 0 Å². The molecule has 1 aromatic rings. The largest absolute Gasteiger partial charge is 0.416 e. The lowest BCUT2D eigenvalue weighted by Gasteiger charge is -2.03. The number of rotatable bonds is 0. The summed E-state index contributed by atoms with van der Waals surface area (Å²) in [5, 5.41) is 2.68. The zero-order valence-corrected chi connectivity index (χ0v) is 8.55. The van der Waals surface area contributed by atoms with Gasteiger partial charge in [-0.05, 0) is 6.42 Å². The van der Waals surface area contributed by atoms with Crippen LogP contribution in [0, 0.1) is 0 Å². The molecule has 0 radical (unpaired) electrons. The third-order valence-electron chi connectivity index (χ3n) is 2.00. The summed E-state index contributed by atoms with van der Waals surface area (Å²) in [6.45, 7) is 0.888. The summed E-state index contributed by atoms with van der Waals surface area (Å²) in [7, 11) is 0. The fraction of sp³-hybridized carbons (Fsp3) is 0.364. The minimum absolute atomic E-state index is 0.204. The van der Waals surface area contributed by atoms with Crippen molar-refractivity contribution in [2.45, 2.75) is 19.0 Å². The Kier molecular flexibility index (Phi) is 4.34. The SMILES string of the molecule is FC(F)(F)c1ccccc1.O=C1CCCN1. The average molecular weight is 231 g/mol. The molecule has 0 aliphatic carbocycles. The molecule has 1 heterocycles. The monoisotopic (exact) mass is 231 g/mol. The maximum atomic E-state index is 11.8. The van der Waals surface area contributed by atoms with Gasteiger partial charge in [0.2, 0.25) is 5.91 Å². The number of halogens is 3. The van der Waals surface area contributed by atoms with Gasteiger partial charge in [0.1, 0.15) is 0 Å². The molecule has 1 fully saturated rings. The Labute approximate surface area is 91.5 Å². The van der Waals surface area contributed by atoms with Crippen LogP contribution in [0.4, 0.5) is 13.2 Å². The van der Waals surface area contributed by atoms with E-state index in [1.807, 2.05) is 0 Å². The molecule has 1 aliphatic rings. The predicted molar refractivity (Wildman–Crippen MR) is 53.7 cm³/mol. The standard InChI is InChI=1S/C7H5F3.C4H7NO/c8-7(9,10)6-4-2-1-3-5-6;6-4-2-1-3-5-4/h1-5H;1-3H2,(H,5,6). The Balaban J connectivity index is 0.000000181. The molecule has 1 aromatic carbocycles. The van der Waals surface area contributed by atoms with E-state index in [9.17, 15) is 18.0 Å². The molecule has 1 aliphatic heterocycles. The zero-order chi connectivity index (χ0) is 12.0. The van der Waals surface area contributed by atoms with Crippen LogP contribution in [0.3, 0.4) is 0 Å². The highest BCUT2D eigenvalue weighted by Gasteiger charge is 2.29. The highest BCUT2D eigenvalue weighted by atomic mass is 19.4. The molecule has 2 nitrogen and oxygen atoms in total. The summed E-state index contributed by atoms with van der Waals surface area (Å²) < 4.78 is 35.4. The van der Waals surface area contributed by atoms with Crippen LogP contribution in [0.15, 0.2) is 30.3 Å². The van der Waals surface area contributed by atoms with Crippen molar-refractivity contribution in [1.29, 1.82) is 0 Å². The van der Waals surface area contributed by atoms with Crippen molar-refractivity contribution >= 4 is 5.91 Å². The van der Waals surface area contributed by atoms with E-state index in [-0.39, 0.29) is 5.91 Å². The summed E-state index contributed by atoms with van der Waals surface area (Å²) >= 11 is 0. The Morgan fingerprint density at radius 2 is 1.75 bits per heavy atom. The van der Waals surface area contributed by atoms with Gasteiger partial charge in [-0.1, -0.05) is 30.3 Å². The lowest BCUT2D eigenvalue weighted by molar-refractivity contribution is -0.137. The molecule has 88 valence electrons. The first-order valence-corrected chi connectivity index (χ1v) is 4.89. The molecule has 0 saturated carbocycles. The van der Waals surface area contributed by atoms with Crippen LogP contribution >= 0.6 is 0 Å². The summed E-state index contributed by atoms with van der Waals surface area (Å²) in [6.07, 6.45) is -2.44. The van der Waals surface area contributed by atoms with E-state index in [4.69, 9.17) is 0 Å². The fourth-order valence-corrected chi connectivity index (χ4v) is 1.19. The smallest absolute Gasteiger partial charge is 0.356 e. The van der Waals surface area contributed by atoms with Crippen LogP contribution < -0.4 is 5.32 Å². The molecular formula is C11H12F3NO. The minimum atomic E-state index is -4.21. The van der Waals surface area contributed by atoms with Crippen molar-refractivity contribution < 1.29 is 18.0 Å². The number of carbonyl (C=O) groups excluding carboxylic acids is 1. The Hall–Kier alpha value is -1.52. The van der Waals surface area contributed by atoms with E-state index < -0.39 is 11.7 Å². The van der Waals surface area contributed by atoms with E-state index in [1.165, 1.54) is 12.1 Å². The third kappa shape index (κ3) is 4.33. The van der Waals surface area contributed by atoms with Gasteiger partial charge in [-0.2, -0.15) is 13.2 Å².